The number of carbonyl (C=O) groups excluding carboxylic acids is 2. The number of carbonyl (C=O) groups is 2. The Morgan fingerprint density at radius 1 is 0.695 bits per heavy atom. The van der Waals surface area contributed by atoms with Crippen molar-refractivity contribution in [1.29, 1.82) is 0 Å². The highest BCUT2D eigenvalue weighted by molar-refractivity contribution is 7.93. The number of benzene rings is 3. The second kappa shape index (κ2) is 16.1. The summed E-state index contributed by atoms with van der Waals surface area (Å²) in [6.07, 6.45) is 13.3. The van der Waals surface area contributed by atoms with Crippen LogP contribution in [0.25, 0.3) is 28.0 Å². The summed E-state index contributed by atoms with van der Waals surface area (Å²) in [4.78, 5) is 34.3. The van der Waals surface area contributed by atoms with Crippen LogP contribution >= 0.6 is 0 Å². The zero-order valence-electron chi connectivity index (χ0n) is 31.4. The van der Waals surface area contributed by atoms with E-state index in [0.717, 1.165) is 28.5 Å². The van der Waals surface area contributed by atoms with E-state index in [0.29, 0.717) is 22.5 Å². The number of fused-ring (bicyclic) bond motifs is 2. The van der Waals surface area contributed by atoms with Crippen molar-refractivity contribution in [3.8, 4) is 11.1 Å². The zero-order chi connectivity index (χ0) is 41.1. The number of nitrogens with zero attached hydrogens (tertiary/aromatic N) is 2. The van der Waals surface area contributed by atoms with E-state index in [9.17, 15) is 26.4 Å². The molecule has 0 fully saturated rings. The molecule has 1 unspecified atom stereocenters. The molecule has 1 aliphatic carbocycles. The maximum absolute atomic E-state index is 13.5. The van der Waals surface area contributed by atoms with Crippen molar-refractivity contribution in [2.45, 2.75) is 42.1 Å². The predicted octanol–water partition coefficient (Wildman–Crippen LogP) is 7.46. The molecule has 59 heavy (non-hydrogen) atoms. The standard InChI is InChI=1S/C43H36N6O8S2/c1-27-4-2-5-28-9-11-36(21-38(27)28)59(54,55)48-40-14-16-44-24-39(40)43(51)47-23-34-19-32(26-57-34)30-7-8-31-20-35(12-10-29(31)18-30)58(52,53)49-41-25-45-15-13-37(41)42(50)46-22-33-6-3-17-56-33/h2-3,5-21,24-27,49H,4,22-23H2,1H3,(H,44,48)(H,46,50)(H,47,51). The van der Waals surface area contributed by atoms with E-state index in [4.69, 9.17) is 8.83 Å². The number of anilines is 2. The lowest BCUT2D eigenvalue weighted by molar-refractivity contribution is 0.0941. The molecule has 2 amide bonds. The van der Waals surface area contributed by atoms with Gasteiger partial charge in [0.25, 0.3) is 31.9 Å². The fraction of sp³-hybridized carbons (Fsp3) is 0.116. The van der Waals surface area contributed by atoms with Gasteiger partial charge in [0.2, 0.25) is 0 Å². The third-order valence-corrected chi connectivity index (χ3v) is 12.6. The van der Waals surface area contributed by atoms with Crippen LogP contribution in [-0.2, 0) is 33.1 Å². The van der Waals surface area contributed by atoms with E-state index in [1.165, 1.54) is 55.3 Å². The molecule has 4 N–H and O–H groups in total. The average molecular weight is 829 g/mol. The first-order chi connectivity index (χ1) is 28.4. The van der Waals surface area contributed by atoms with Gasteiger partial charge < -0.3 is 19.5 Å². The van der Waals surface area contributed by atoms with Gasteiger partial charge in [0.05, 0.1) is 64.1 Å². The lowest BCUT2D eigenvalue weighted by Crippen LogP contribution is -2.25. The van der Waals surface area contributed by atoms with Crippen LogP contribution in [0.3, 0.4) is 0 Å². The van der Waals surface area contributed by atoms with E-state index >= 15 is 0 Å². The molecule has 4 heterocycles. The summed E-state index contributed by atoms with van der Waals surface area (Å²) in [6, 6.07) is 23.2. The summed E-state index contributed by atoms with van der Waals surface area (Å²) < 4.78 is 69.9. The van der Waals surface area contributed by atoms with Crippen LogP contribution in [-0.4, -0.2) is 38.6 Å². The molecule has 0 saturated carbocycles. The molecule has 298 valence electrons. The first kappa shape index (κ1) is 38.8. The SMILES string of the molecule is CC1CC=Cc2ccc(S(=O)(=O)Nc3ccncc3C(=O)NCc3cc(-c4ccc5cc(S(=O)(=O)Nc6cnccc6C(=O)NCc6ccco6)ccc5c4)co3)cc21. The Labute approximate surface area is 339 Å². The lowest BCUT2D eigenvalue weighted by atomic mass is 9.89. The summed E-state index contributed by atoms with van der Waals surface area (Å²) in [6.45, 7) is 2.17. The minimum Gasteiger partial charge on any atom is -0.467 e. The predicted molar refractivity (Wildman–Crippen MR) is 221 cm³/mol. The number of hydrogen-bond donors (Lipinski definition) is 4. The van der Waals surface area contributed by atoms with Gasteiger partial charge in [0, 0.05) is 24.2 Å². The third-order valence-electron chi connectivity index (χ3n) is 9.84. The number of nitrogens with one attached hydrogen (secondary N) is 4. The Kier molecular flexibility index (Phi) is 10.6. The fourth-order valence-electron chi connectivity index (χ4n) is 6.70. The molecule has 16 heteroatoms. The average Bonchev–Trinajstić information content (AvgIpc) is 3.95. The highest BCUT2D eigenvalue weighted by Gasteiger charge is 2.23. The van der Waals surface area contributed by atoms with Crippen molar-refractivity contribution < 1.29 is 35.3 Å². The first-order valence-corrected chi connectivity index (χ1v) is 21.3. The van der Waals surface area contributed by atoms with Crippen LogP contribution in [0.15, 0.2) is 147 Å². The number of aromatic nitrogens is 2. The second-order valence-electron chi connectivity index (χ2n) is 13.9. The number of pyridine rings is 2. The van der Waals surface area contributed by atoms with Gasteiger partial charge in [-0.1, -0.05) is 43.3 Å². The monoisotopic (exact) mass is 828 g/mol. The molecule has 1 atom stereocenters. The molecule has 0 saturated heterocycles. The van der Waals surface area contributed by atoms with Gasteiger partial charge in [-0.2, -0.15) is 0 Å². The van der Waals surface area contributed by atoms with Crippen LogP contribution in [0.1, 0.15) is 62.6 Å². The highest BCUT2D eigenvalue weighted by atomic mass is 32.2. The molecular formula is C43H36N6O8S2. The van der Waals surface area contributed by atoms with Crippen LogP contribution in [0.2, 0.25) is 0 Å². The number of furan rings is 2. The fourth-order valence-corrected chi connectivity index (χ4v) is 8.92. The van der Waals surface area contributed by atoms with Gasteiger partial charge in [-0.05, 0) is 100 Å². The van der Waals surface area contributed by atoms with E-state index in [1.807, 2.05) is 25.1 Å². The van der Waals surface area contributed by atoms with Crippen molar-refractivity contribution in [3.63, 3.8) is 0 Å². The van der Waals surface area contributed by atoms with E-state index in [-0.39, 0.29) is 51.3 Å². The Balaban J connectivity index is 0.920. The molecule has 1 aliphatic rings. The summed E-state index contributed by atoms with van der Waals surface area (Å²) in [5.74, 6) is 0.0949. The molecule has 0 aliphatic heterocycles. The van der Waals surface area contributed by atoms with Crippen LogP contribution < -0.4 is 20.1 Å². The van der Waals surface area contributed by atoms with Gasteiger partial charge >= 0.3 is 0 Å². The summed E-state index contributed by atoms with van der Waals surface area (Å²) in [5.41, 5.74) is 3.66. The Morgan fingerprint density at radius 3 is 2.20 bits per heavy atom. The Morgan fingerprint density at radius 2 is 1.39 bits per heavy atom. The van der Waals surface area contributed by atoms with Crippen molar-refractivity contribution in [2.75, 3.05) is 9.44 Å². The lowest BCUT2D eigenvalue weighted by Gasteiger charge is -2.19. The summed E-state index contributed by atoms with van der Waals surface area (Å²) >= 11 is 0. The number of amides is 2. The van der Waals surface area contributed by atoms with Gasteiger partial charge in [0.15, 0.2) is 0 Å². The molecule has 4 aromatic heterocycles. The summed E-state index contributed by atoms with van der Waals surface area (Å²) in [5, 5.41) is 6.88. The van der Waals surface area contributed by atoms with E-state index in [1.54, 1.807) is 54.8 Å². The van der Waals surface area contributed by atoms with Crippen LogP contribution in [0.4, 0.5) is 11.4 Å². The van der Waals surface area contributed by atoms with Gasteiger partial charge in [-0.15, -0.1) is 0 Å². The molecule has 0 radical (unpaired) electrons. The molecule has 7 aromatic rings. The third kappa shape index (κ3) is 8.49. The van der Waals surface area contributed by atoms with Crippen molar-refractivity contribution in [3.05, 3.63) is 162 Å². The number of allylic oxidation sites excluding steroid dienone is 1. The molecule has 0 bridgehead atoms. The van der Waals surface area contributed by atoms with Crippen LogP contribution in [0.5, 0.6) is 0 Å². The first-order valence-electron chi connectivity index (χ1n) is 18.4. The molecule has 8 rings (SSSR count). The van der Waals surface area contributed by atoms with Crippen molar-refractivity contribution >= 4 is 60.1 Å². The highest BCUT2D eigenvalue weighted by Crippen LogP contribution is 2.32. The summed E-state index contributed by atoms with van der Waals surface area (Å²) in [7, 11) is -8.14. The number of hydrogen-bond acceptors (Lipinski definition) is 10. The second-order valence-corrected chi connectivity index (χ2v) is 17.2. The topological polar surface area (TPSA) is 203 Å². The normalized spacial score (nSPS) is 13.7. The van der Waals surface area contributed by atoms with E-state index in [2.05, 4.69) is 36.1 Å². The van der Waals surface area contributed by atoms with Gasteiger partial charge in [-0.3, -0.25) is 29.0 Å². The van der Waals surface area contributed by atoms with Crippen molar-refractivity contribution in [2.24, 2.45) is 0 Å². The van der Waals surface area contributed by atoms with Crippen LogP contribution in [0, 0.1) is 0 Å². The van der Waals surface area contributed by atoms with E-state index < -0.39 is 31.9 Å². The van der Waals surface area contributed by atoms with Gasteiger partial charge in [0.1, 0.15) is 11.5 Å². The van der Waals surface area contributed by atoms with Crippen molar-refractivity contribution in [1.82, 2.24) is 20.6 Å². The zero-order valence-corrected chi connectivity index (χ0v) is 33.0. The number of sulfonamides is 2. The maximum atomic E-state index is 13.5. The largest absolute Gasteiger partial charge is 0.467 e. The smallest absolute Gasteiger partial charge is 0.261 e. The quantitative estimate of drug-likeness (QED) is 0.0903. The van der Waals surface area contributed by atoms with Gasteiger partial charge in [-0.25, -0.2) is 16.8 Å². The molecule has 3 aromatic carbocycles. The number of rotatable bonds is 13. The Bertz CT molecular complexity index is 2980. The maximum Gasteiger partial charge on any atom is 0.261 e. The molecule has 14 nitrogen and oxygen atoms in total. The minimum absolute atomic E-state index is 0.00222. The Hall–Kier alpha value is -7.04. The molecular weight excluding hydrogens is 793 g/mol. The minimum atomic E-state index is -4.12. The molecule has 0 spiro atoms.